The lowest BCUT2D eigenvalue weighted by Gasteiger charge is -2.10. The Morgan fingerprint density at radius 1 is 1.04 bits per heavy atom. The molecule has 122 valence electrons. The summed E-state index contributed by atoms with van der Waals surface area (Å²) in [7, 11) is 0. The van der Waals surface area contributed by atoms with Gasteiger partial charge in [0.1, 0.15) is 0 Å². The Morgan fingerprint density at radius 3 is 2.68 bits per heavy atom. The first-order valence-corrected chi connectivity index (χ1v) is 7.49. The highest BCUT2D eigenvalue weighted by molar-refractivity contribution is 6.04. The highest BCUT2D eigenvalue weighted by Gasteiger charge is 2.19. The number of halogens is 1. The monoisotopic (exact) mass is 333 g/mol. The summed E-state index contributed by atoms with van der Waals surface area (Å²) in [6.45, 7) is 0. The molecule has 2 N–H and O–H groups in total. The molecule has 0 spiro atoms. The summed E-state index contributed by atoms with van der Waals surface area (Å²) in [6, 6.07) is 12.2. The molecule has 3 aromatic heterocycles. The highest BCUT2D eigenvalue weighted by atomic mass is 19.1. The minimum Gasteiger partial charge on any atom is -0.364 e. The van der Waals surface area contributed by atoms with Crippen molar-refractivity contribution >= 4 is 16.8 Å². The average Bonchev–Trinajstić information content (AvgIpc) is 3.02. The molecule has 1 amide bonds. The van der Waals surface area contributed by atoms with Crippen molar-refractivity contribution in [1.29, 1.82) is 0 Å². The fraction of sp³-hybridized carbons (Fsp3) is 0. The number of hydrogen-bond donors (Lipinski definition) is 1. The number of carbonyl (C=O) groups excluding carboxylic acids is 1. The second-order valence-electron chi connectivity index (χ2n) is 5.38. The van der Waals surface area contributed by atoms with Crippen molar-refractivity contribution in [2.75, 3.05) is 0 Å². The van der Waals surface area contributed by atoms with Crippen molar-refractivity contribution in [3.63, 3.8) is 0 Å². The second-order valence-corrected chi connectivity index (χ2v) is 5.38. The number of fused-ring (bicyclic) bond motifs is 1. The molecule has 25 heavy (non-hydrogen) atoms. The van der Waals surface area contributed by atoms with Crippen molar-refractivity contribution in [2.24, 2.45) is 5.73 Å². The summed E-state index contributed by atoms with van der Waals surface area (Å²) in [5.74, 6) is -1.23. The fourth-order valence-electron chi connectivity index (χ4n) is 2.80. The third kappa shape index (κ3) is 2.42. The lowest BCUT2D eigenvalue weighted by atomic mass is 10.1. The molecule has 0 aliphatic carbocycles. The molecule has 0 saturated heterocycles. The average molecular weight is 333 g/mol. The highest BCUT2D eigenvalue weighted by Crippen LogP contribution is 2.30. The lowest BCUT2D eigenvalue weighted by Crippen LogP contribution is -2.12. The number of rotatable bonds is 3. The van der Waals surface area contributed by atoms with Gasteiger partial charge in [0.25, 0.3) is 5.91 Å². The van der Waals surface area contributed by atoms with Crippen LogP contribution in [0.3, 0.4) is 0 Å². The van der Waals surface area contributed by atoms with E-state index in [9.17, 15) is 9.18 Å². The van der Waals surface area contributed by atoms with E-state index in [4.69, 9.17) is 5.73 Å². The summed E-state index contributed by atoms with van der Waals surface area (Å²) in [4.78, 5) is 19.5. The summed E-state index contributed by atoms with van der Waals surface area (Å²) in [5.41, 5.74) is 7.68. The van der Waals surface area contributed by atoms with Crippen molar-refractivity contribution < 1.29 is 9.18 Å². The van der Waals surface area contributed by atoms with E-state index < -0.39 is 11.9 Å². The van der Waals surface area contributed by atoms with Crippen LogP contribution in [0.15, 0.2) is 61.1 Å². The zero-order chi connectivity index (χ0) is 17.4. The van der Waals surface area contributed by atoms with Crippen LogP contribution in [0.2, 0.25) is 0 Å². The van der Waals surface area contributed by atoms with Gasteiger partial charge in [-0.1, -0.05) is 18.2 Å². The van der Waals surface area contributed by atoms with Gasteiger partial charge in [-0.3, -0.25) is 9.78 Å². The van der Waals surface area contributed by atoms with Gasteiger partial charge in [-0.15, -0.1) is 0 Å². The SMILES string of the molecule is NC(=O)c1nn(-c2ccncc2-c2cccnc2F)c2ccccc12. The Labute approximate surface area is 141 Å². The van der Waals surface area contributed by atoms with E-state index in [2.05, 4.69) is 15.1 Å². The first-order valence-electron chi connectivity index (χ1n) is 7.49. The number of benzene rings is 1. The van der Waals surface area contributed by atoms with E-state index in [1.165, 1.54) is 12.4 Å². The van der Waals surface area contributed by atoms with E-state index in [0.29, 0.717) is 27.7 Å². The number of primary amides is 1. The van der Waals surface area contributed by atoms with Crippen molar-refractivity contribution in [2.45, 2.75) is 0 Å². The lowest BCUT2D eigenvalue weighted by molar-refractivity contribution is 0.0996. The summed E-state index contributed by atoms with van der Waals surface area (Å²) < 4.78 is 15.7. The largest absolute Gasteiger partial charge is 0.364 e. The Bertz CT molecular complexity index is 1110. The fourth-order valence-corrected chi connectivity index (χ4v) is 2.80. The normalized spacial score (nSPS) is 10.9. The molecule has 0 unspecified atom stereocenters. The number of nitrogens with zero attached hydrogens (tertiary/aromatic N) is 4. The van der Waals surface area contributed by atoms with Crippen molar-refractivity contribution in [1.82, 2.24) is 19.7 Å². The van der Waals surface area contributed by atoms with Gasteiger partial charge in [-0.05, 0) is 24.3 Å². The van der Waals surface area contributed by atoms with Crippen LogP contribution >= 0.6 is 0 Å². The number of pyridine rings is 2. The topological polar surface area (TPSA) is 86.7 Å². The molecule has 4 rings (SSSR count). The van der Waals surface area contributed by atoms with Crippen LogP contribution in [0.1, 0.15) is 10.5 Å². The van der Waals surface area contributed by atoms with Gasteiger partial charge in [0.2, 0.25) is 5.95 Å². The maximum absolute atomic E-state index is 14.2. The molecule has 0 atom stereocenters. The Balaban J connectivity index is 2.03. The van der Waals surface area contributed by atoms with Gasteiger partial charge in [0.05, 0.1) is 11.2 Å². The zero-order valence-electron chi connectivity index (χ0n) is 12.9. The number of para-hydroxylation sites is 1. The first-order chi connectivity index (χ1) is 12.2. The van der Waals surface area contributed by atoms with Gasteiger partial charge < -0.3 is 5.73 Å². The summed E-state index contributed by atoms with van der Waals surface area (Å²) in [5, 5.41) is 4.98. The van der Waals surface area contributed by atoms with Gasteiger partial charge in [-0.2, -0.15) is 9.49 Å². The molecular weight excluding hydrogens is 321 g/mol. The number of nitrogens with two attached hydrogens (primary N) is 1. The number of carbonyl (C=O) groups is 1. The molecule has 0 saturated carbocycles. The molecule has 7 heteroatoms. The van der Waals surface area contributed by atoms with Gasteiger partial charge >= 0.3 is 0 Å². The molecule has 0 fully saturated rings. The predicted octanol–water partition coefficient (Wildman–Crippen LogP) is 2.72. The van der Waals surface area contributed by atoms with E-state index in [1.807, 2.05) is 12.1 Å². The van der Waals surface area contributed by atoms with Gasteiger partial charge in [0.15, 0.2) is 5.69 Å². The molecular formula is C18H12FN5O. The summed E-state index contributed by atoms with van der Waals surface area (Å²) in [6.07, 6.45) is 4.49. The maximum atomic E-state index is 14.2. The van der Waals surface area contributed by atoms with Crippen LogP contribution in [0.4, 0.5) is 4.39 Å². The summed E-state index contributed by atoms with van der Waals surface area (Å²) >= 11 is 0. The predicted molar refractivity (Wildman–Crippen MR) is 90.6 cm³/mol. The van der Waals surface area contributed by atoms with Crippen molar-refractivity contribution in [3.8, 4) is 16.8 Å². The quantitative estimate of drug-likeness (QED) is 0.584. The van der Waals surface area contributed by atoms with E-state index >= 15 is 0 Å². The van der Waals surface area contributed by atoms with Crippen LogP contribution in [0, 0.1) is 5.95 Å². The third-order valence-electron chi connectivity index (χ3n) is 3.90. The molecule has 0 radical (unpaired) electrons. The Hall–Kier alpha value is -3.61. The molecule has 0 aliphatic heterocycles. The van der Waals surface area contributed by atoms with Gasteiger partial charge in [-0.25, -0.2) is 9.67 Å². The molecule has 4 aromatic rings. The van der Waals surface area contributed by atoms with Crippen LogP contribution < -0.4 is 5.73 Å². The van der Waals surface area contributed by atoms with E-state index in [0.717, 1.165) is 0 Å². The number of hydrogen-bond acceptors (Lipinski definition) is 4. The van der Waals surface area contributed by atoms with Crippen LogP contribution in [-0.4, -0.2) is 25.7 Å². The van der Waals surface area contributed by atoms with Crippen LogP contribution in [0.5, 0.6) is 0 Å². The third-order valence-corrected chi connectivity index (χ3v) is 3.90. The number of aromatic nitrogens is 4. The van der Waals surface area contributed by atoms with E-state index in [-0.39, 0.29) is 5.69 Å². The van der Waals surface area contributed by atoms with Crippen molar-refractivity contribution in [3.05, 3.63) is 72.7 Å². The first kappa shape index (κ1) is 14.9. The molecule has 0 aliphatic rings. The van der Waals surface area contributed by atoms with E-state index in [1.54, 1.807) is 41.2 Å². The molecule has 1 aromatic carbocycles. The maximum Gasteiger partial charge on any atom is 0.269 e. The molecule has 6 nitrogen and oxygen atoms in total. The Morgan fingerprint density at radius 2 is 1.88 bits per heavy atom. The molecule has 0 bridgehead atoms. The standard InChI is InChI=1S/C18H12FN5O/c19-17-11(5-3-8-22-17)13-10-21-9-7-15(13)24-14-6-2-1-4-12(14)16(23-24)18(20)25/h1-10H,(H2,20,25). The second kappa shape index (κ2) is 5.79. The molecule has 3 heterocycles. The zero-order valence-corrected chi connectivity index (χ0v) is 12.9. The van der Waals surface area contributed by atoms with Crippen LogP contribution in [0.25, 0.3) is 27.7 Å². The minimum absolute atomic E-state index is 0.157. The smallest absolute Gasteiger partial charge is 0.269 e. The Kier molecular flexibility index (Phi) is 3.46. The number of amides is 1. The van der Waals surface area contributed by atoms with Crippen LogP contribution in [-0.2, 0) is 0 Å². The van der Waals surface area contributed by atoms with Gasteiger partial charge in [0, 0.05) is 35.1 Å². The minimum atomic E-state index is -0.627.